The number of hydrogen-bond donors (Lipinski definition) is 2. The Hall–Kier alpha value is -0.877. The Kier molecular flexibility index (Phi) is 27.4. The number of anilines is 3. The maximum absolute atomic E-state index is 12.8. The van der Waals surface area contributed by atoms with Crippen molar-refractivity contribution in [3.8, 4) is 11.4 Å². The van der Waals surface area contributed by atoms with Crippen LogP contribution in [0.15, 0.2) is 82.5 Å². The van der Waals surface area contributed by atoms with Gasteiger partial charge in [0.15, 0.2) is 0 Å². The van der Waals surface area contributed by atoms with E-state index in [1.165, 1.54) is 36.7 Å². The van der Waals surface area contributed by atoms with Crippen molar-refractivity contribution >= 4 is 115 Å². The van der Waals surface area contributed by atoms with Gasteiger partial charge in [0.1, 0.15) is 25.3 Å². The molecular weight excluding hydrogens is 1170 g/mol. The van der Waals surface area contributed by atoms with Crippen molar-refractivity contribution < 1.29 is 160 Å². The summed E-state index contributed by atoms with van der Waals surface area (Å²) >= 11 is 23.2. The molecule has 15 nitrogen and oxygen atoms in total. The van der Waals surface area contributed by atoms with E-state index >= 15 is 0 Å². The van der Waals surface area contributed by atoms with E-state index in [1.807, 2.05) is 0 Å². The number of nitrogen functional groups attached to an aromatic ring is 1. The first-order valence-corrected chi connectivity index (χ1v) is 24.2. The second-order valence-corrected chi connectivity index (χ2v) is 21.5. The average Bonchev–Trinajstić information content (AvgIpc) is 3.91. The van der Waals surface area contributed by atoms with Gasteiger partial charge in [-0.25, -0.2) is 24.3 Å². The molecule has 0 saturated heterocycles. The van der Waals surface area contributed by atoms with Gasteiger partial charge in [0.25, 0.3) is 6.47 Å². The molecule has 0 saturated carbocycles. The topological polar surface area (TPSA) is 209 Å². The Morgan fingerprint density at radius 1 is 0.800 bits per heavy atom. The van der Waals surface area contributed by atoms with Gasteiger partial charge >= 0.3 is 115 Å². The third kappa shape index (κ3) is 20.9. The summed E-state index contributed by atoms with van der Waals surface area (Å²) in [5.74, 6) is 0.362. The normalized spacial score (nSPS) is 11.1. The Balaban J connectivity index is 0. The van der Waals surface area contributed by atoms with E-state index < -0.39 is 44.9 Å². The molecule has 0 radical (unpaired) electrons. The van der Waals surface area contributed by atoms with Crippen LogP contribution in [0.3, 0.4) is 0 Å². The van der Waals surface area contributed by atoms with Crippen molar-refractivity contribution in [3.05, 3.63) is 109 Å². The molecule has 0 fully saturated rings. The summed E-state index contributed by atoms with van der Waals surface area (Å²) in [5.41, 5.74) is 5.60. The first-order valence-electron chi connectivity index (χ1n) is 17.0. The third-order valence-electron chi connectivity index (χ3n) is 7.18. The number of rotatable bonds is 7. The van der Waals surface area contributed by atoms with Gasteiger partial charge in [-0.15, -0.1) is 0 Å². The molecule has 0 amide bonds. The number of carbonyl (C=O) groups excluding carboxylic acids is 1. The molecule has 0 aliphatic rings. The van der Waals surface area contributed by atoms with Crippen LogP contribution in [-0.4, -0.2) is 79.8 Å². The van der Waals surface area contributed by atoms with E-state index in [2.05, 4.69) is 72.2 Å². The van der Waals surface area contributed by atoms with E-state index in [1.54, 1.807) is 38.8 Å². The van der Waals surface area contributed by atoms with E-state index in [0.29, 0.717) is 53.3 Å². The average molecular weight is 1200 g/mol. The molecule has 0 atom stereocenters. The predicted molar refractivity (Wildman–Crippen MR) is 233 cm³/mol. The van der Waals surface area contributed by atoms with E-state index in [9.17, 15) is 39.9 Å². The Bertz CT molecular complexity index is 2620. The molecular formula is C34H32Br2Cl3F7K2N10O5P2. The first kappa shape index (κ1) is 62.1. The zero-order chi connectivity index (χ0) is 48.8. The number of nitrogens with zero attached hydrogens (tertiary/aromatic N) is 8. The number of aromatic nitrogens is 8. The molecule has 6 aromatic rings. The molecule has 0 unspecified atom stereocenters. The van der Waals surface area contributed by atoms with Crippen LogP contribution in [-0.2, 0) is 31.2 Å². The second kappa shape index (κ2) is 28.7. The van der Waals surface area contributed by atoms with Gasteiger partial charge in [-0.3, -0.25) is 9.18 Å². The Morgan fingerprint density at radius 2 is 1.22 bits per heavy atom. The number of benzene rings is 2. The van der Waals surface area contributed by atoms with Crippen LogP contribution in [0.25, 0.3) is 11.4 Å². The van der Waals surface area contributed by atoms with Crippen LogP contribution < -0.4 is 130 Å². The van der Waals surface area contributed by atoms with Gasteiger partial charge in [0, 0.05) is 41.1 Å². The van der Waals surface area contributed by atoms with Crippen molar-refractivity contribution in [2.45, 2.75) is 12.4 Å². The number of hydrogen-bond acceptors (Lipinski definition) is 13. The quantitative estimate of drug-likeness (QED) is 0.0271. The molecule has 0 aliphatic carbocycles. The first-order chi connectivity index (χ1) is 29.6. The fraction of sp³-hybridized carbons (Fsp3) is 0.206. The van der Waals surface area contributed by atoms with E-state index in [4.69, 9.17) is 52.0 Å². The molecule has 4 heterocycles. The van der Waals surface area contributed by atoms with Crippen molar-refractivity contribution in [1.82, 2.24) is 39.5 Å². The smallest absolute Gasteiger partial charge is 1.00 e. The Labute approximate surface area is 486 Å². The molecule has 65 heavy (non-hydrogen) atoms. The minimum atomic E-state index is -4.49. The molecule has 31 heteroatoms. The maximum Gasteiger partial charge on any atom is 1.00 e. The fourth-order valence-corrected chi connectivity index (χ4v) is 7.68. The van der Waals surface area contributed by atoms with Gasteiger partial charge in [-0.2, -0.15) is 41.5 Å². The number of alkyl halides is 7. The van der Waals surface area contributed by atoms with Crippen molar-refractivity contribution in [2.24, 2.45) is 0 Å². The summed E-state index contributed by atoms with van der Waals surface area (Å²) < 4.78 is 120. The summed E-state index contributed by atoms with van der Waals surface area (Å²) in [7, 11) is -6.43. The molecule has 0 aliphatic heterocycles. The van der Waals surface area contributed by atoms with Gasteiger partial charge in [-0.1, -0.05) is 11.6 Å². The predicted octanol–water partition coefficient (Wildman–Crippen LogP) is 3.50. The summed E-state index contributed by atoms with van der Waals surface area (Å²) in [6.07, 6.45) is -2.74. The monoisotopic (exact) mass is 1200 g/mol. The molecule has 6 rings (SSSR count). The van der Waals surface area contributed by atoms with Crippen molar-refractivity contribution in [3.63, 3.8) is 0 Å². The van der Waals surface area contributed by atoms with Gasteiger partial charge in [0.2, 0.25) is 10.6 Å². The van der Waals surface area contributed by atoms with Gasteiger partial charge in [-0.05, 0) is 118 Å². The molecule has 0 bridgehead atoms. The minimum absolute atomic E-state index is 0. The fourth-order valence-electron chi connectivity index (χ4n) is 4.46. The molecule has 0 spiro atoms. The number of carbonyl (C=O) groups is 1. The summed E-state index contributed by atoms with van der Waals surface area (Å²) in [6.45, 7) is 6.03. The van der Waals surface area contributed by atoms with Crippen LogP contribution in [0.2, 0.25) is 15.7 Å². The number of halogens is 12. The zero-order valence-corrected chi connectivity index (χ0v) is 47.8. The Morgan fingerprint density at radius 3 is 1.60 bits per heavy atom. The van der Waals surface area contributed by atoms with Crippen LogP contribution in [0.4, 0.5) is 47.9 Å². The third-order valence-corrected chi connectivity index (χ3v) is 12.3. The van der Waals surface area contributed by atoms with Crippen LogP contribution in [0.5, 0.6) is 0 Å². The van der Waals surface area contributed by atoms with Crippen LogP contribution in [0, 0.1) is 0 Å². The minimum Gasteiger partial charge on any atom is -1.00 e. The van der Waals surface area contributed by atoms with Gasteiger partial charge < -0.3 is 31.8 Å². The number of nitrogens with one attached hydrogen (secondary N) is 1. The summed E-state index contributed by atoms with van der Waals surface area (Å²) in [4.78, 5) is 26.5. The van der Waals surface area contributed by atoms with Gasteiger partial charge in [0.05, 0.1) is 58.1 Å². The molecule has 4 aromatic heterocycles. The second-order valence-electron chi connectivity index (χ2n) is 12.4. The maximum atomic E-state index is 12.8. The summed E-state index contributed by atoms with van der Waals surface area (Å²) in [5, 5.41) is 20.3. The molecule has 2 aromatic carbocycles. The van der Waals surface area contributed by atoms with Crippen LogP contribution >= 0.6 is 80.9 Å². The molecule has 3 N–H and O–H groups in total. The molecule has 344 valence electrons. The largest absolute Gasteiger partial charge is 1.00 e. The standard InChI is InChI=1S/C16H13BrClF3N5OP.C12H13F3N3OP.C4HBrCl2N2.CH3F.CH2O3.2K.H/c1-28(2,27)13-5-10(26-8-9(6-23-26)16(19,20)21)3-4-12(13)24-14-11(17)7-22-15(18)25-14;1-20(2,19)11-5-9(3-4-10(11)16)18-7-8(6-17-18)12(13,14)15;5-2-1-8-4(7)9-3(2)6;1-2;2-1-4-3;;;/h3-8H,1-2H3,(H,22,24,25);3-7H,16H2,1-2H3;1H;1H3;1,3H;;;/q;;;;;2*+1;-1/p-1/i;;;1D;;;;. The van der Waals surface area contributed by atoms with Crippen LogP contribution in [0.1, 0.15) is 13.9 Å². The summed E-state index contributed by atoms with van der Waals surface area (Å²) in [6, 6.07) is 9.24. The van der Waals surface area contributed by atoms with Crippen molar-refractivity contribution in [1.29, 1.82) is 0 Å². The van der Waals surface area contributed by atoms with E-state index in [0.717, 1.165) is 34.2 Å². The zero-order valence-electron chi connectivity index (χ0n) is 36.3. The van der Waals surface area contributed by atoms with E-state index in [-0.39, 0.29) is 121 Å². The van der Waals surface area contributed by atoms with Crippen molar-refractivity contribution in [2.75, 3.05) is 44.9 Å². The number of nitrogens with two attached hydrogens (primary N) is 1. The SMILES string of the molecule is CP(C)(=O)c1cc(-n2cc(C(F)(F)F)cn2)ccc1N.CP(C)(=O)c1cc(-n2cc(C(F)(F)F)cn2)ccc1Nc1nc(Cl)ncc1Br.Clc1ncc(Br)c(Cl)n1.O=CO[O-].[2H]CF.[H-].[K+].[K+].